The topological polar surface area (TPSA) is 119 Å². The van der Waals surface area contributed by atoms with Crippen molar-refractivity contribution < 1.29 is 4.92 Å². The van der Waals surface area contributed by atoms with Gasteiger partial charge in [-0.2, -0.15) is 5.10 Å². The maximum absolute atomic E-state index is 11.3. The molecule has 2 aromatic heterocycles. The Morgan fingerprint density at radius 3 is 2.89 bits per heavy atom. The average Bonchev–Trinajstić information content (AvgIpc) is 2.70. The van der Waals surface area contributed by atoms with E-state index in [1.807, 2.05) is 0 Å². The van der Waals surface area contributed by atoms with Gasteiger partial charge in [-0.05, 0) is 13.0 Å². The number of aromatic amines is 1. The van der Waals surface area contributed by atoms with Crippen LogP contribution in [-0.4, -0.2) is 24.7 Å². The van der Waals surface area contributed by atoms with Crippen LogP contribution >= 0.6 is 0 Å². The molecule has 19 heavy (non-hydrogen) atoms. The van der Waals surface area contributed by atoms with Crippen molar-refractivity contribution in [2.75, 3.05) is 5.32 Å². The van der Waals surface area contributed by atoms with E-state index in [0.717, 1.165) is 0 Å². The molecule has 0 aliphatic carbocycles. The number of aromatic nitrogens is 4. The highest BCUT2D eigenvalue weighted by atomic mass is 16.6. The number of hydrogen-bond donors (Lipinski definition) is 2. The van der Waals surface area contributed by atoms with E-state index in [1.54, 1.807) is 14.0 Å². The van der Waals surface area contributed by atoms with Crippen LogP contribution in [0.5, 0.6) is 0 Å². The second kappa shape index (κ2) is 4.88. The smallest absolute Gasteiger partial charge is 0.343 e. The standard InChI is InChI=1S/C10H12N6O3/c1-6(9-13-14-10(17)15(9)2)12-8-7(16(18)19)4-3-5-11-8/h3-6H,1-2H3,(H,11,12)(H,14,17)/t6-/m0/s1. The Balaban J connectivity index is 2.29. The van der Waals surface area contributed by atoms with Crippen LogP contribution in [0, 0.1) is 10.1 Å². The van der Waals surface area contributed by atoms with Gasteiger partial charge in [0.15, 0.2) is 5.82 Å². The molecule has 0 fully saturated rings. The van der Waals surface area contributed by atoms with Crippen LogP contribution in [0.2, 0.25) is 0 Å². The first-order valence-electron chi connectivity index (χ1n) is 5.48. The van der Waals surface area contributed by atoms with Gasteiger partial charge in [-0.3, -0.25) is 14.7 Å². The molecule has 2 rings (SSSR count). The number of nitrogens with zero attached hydrogens (tertiary/aromatic N) is 4. The summed E-state index contributed by atoms with van der Waals surface area (Å²) < 4.78 is 1.33. The van der Waals surface area contributed by atoms with Gasteiger partial charge in [0, 0.05) is 19.3 Å². The summed E-state index contributed by atoms with van der Waals surface area (Å²) in [6.07, 6.45) is 1.45. The highest BCUT2D eigenvalue weighted by Crippen LogP contribution is 2.24. The van der Waals surface area contributed by atoms with Gasteiger partial charge in [0.1, 0.15) is 0 Å². The highest BCUT2D eigenvalue weighted by molar-refractivity contribution is 5.55. The lowest BCUT2D eigenvalue weighted by atomic mass is 10.3. The van der Waals surface area contributed by atoms with Crippen molar-refractivity contribution in [3.05, 3.63) is 44.8 Å². The van der Waals surface area contributed by atoms with E-state index in [4.69, 9.17) is 0 Å². The summed E-state index contributed by atoms with van der Waals surface area (Å²) in [7, 11) is 1.56. The third kappa shape index (κ3) is 2.44. The normalized spacial score (nSPS) is 12.1. The van der Waals surface area contributed by atoms with Gasteiger partial charge in [0.25, 0.3) is 0 Å². The molecular formula is C10H12N6O3. The molecule has 2 N–H and O–H groups in total. The molecule has 100 valence electrons. The molecular weight excluding hydrogens is 252 g/mol. The van der Waals surface area contributed by atoms with E-state index in [-0.39, 0.29) is 17.2 Å². The summed E-state index contributed by atoms with van der Waals surface area (Å²) in [5.41, 5.74) is -0.478. The van der Waals surface area contributed by atoms with Crippen LogP contribution in [0.1, 0.15) is 18.8 Å². The largest absolute Gasteiger partial charge is 0.355 e. The highest BCUT2D eigenvalue weighted by Gasteiger charge is 2.19. The number of nitro groups is 1. The minimum Gasteiger partial charge on any atom is -0.355 e. The van der Waals surface area contributed by atoms with Crippen LogP contribution in [-0.2, 0) is 7.05 Å². The van der Waals surface area contributed by atoms with Crippen molar-refractivity contribution in [1.29, 1.82) is 0 Å². The molecule has 0 aliphatic heterocycles. The fourth-order valence-corrected chi connectivity index (χ4v) is 1.67. The molecule has 2 heterocycles. The Kier molecular flexibility index (Phi) is 3.27. The lowest BCUT2D eigenvalue weighted by Gasteiger charge is -2.12. The first kappa shape index (κ1) is 12.7. The molecule has 0 saturated heterocycles. The Bertz CT molecular complexity index is 661. The number of hydrogen-bond acceptors (Lipinski definition) is 6. The predicted molar refractivity (Wildman–Crippen MR) is 66.8 cm³/mol. The molecule has 9 heteroatoms. The number of anilines is 1. The minimum absolute atomic E-state index is 0.130. The van der Waals surface area contributed by atoms with Crippen molar-refractivity contribution in [3.8, 4) is 0 Å². The molecule has 0 radical (unpaired) electrons. The van der Waals surface area contributed by atoms with E-state index < -0.39 is 11.0 Å². The molecule has 0 bridgehead atoms. The SMILES string of the molecule is C[C@H](Nc1ncccc1[N+](=O)[O-])c1n[nH]c(=O)n1C. The molecule has 0 aromatic carbocycles. The fourth-order valence-electron chi connectivity index (χ4n) is 1.67. The van der Waals surface area contributed by atoms with Crippen molar-refractivity contribution in [2.45, 2.75) is 13.0 Å². The van der Waals surface area contributed by atoms with Crippen LogP contribution in [0.3, 0.4) is 0 Å². The summed E-state index contributed by atoms with van der Waals surface area (Å²) in [5.74, 6) is 0.570. The van der Waals surface area contributed by atoms with Crippen LogP contribution in [0.25, 0.3) is 0 Å². The van der Waals surface area contributed by atoms with Crippen LogP contribution < -0.4 is 11.0 Å². The van der Waals surface area contributed by atoms with E-state index in [1.165, 1.54) is 22.9 Å². The molecule has 1 atom stereocenters. The molecule has 9 nitrogen and oxygen atoms in total. The van der Waals surface area contributed by atoms with Gasteiger partial charge in [-0.25, -0.2) is 14.9 Å². The van der Waals surface area contributed by atoms with E-state index in [0.29, 0.717) is 5.82 Å². The average molecular weight is 264 g/mol. The van der Waals surface area contributed by atoms with Crippen molar-refractivity contribution >= 4 is 11.5 Å². The zero-order valence-electron chi connectivity index (χ0n) is 10.3. The van der Waals surface area contributed by atoms with Crippen molar-refractivity contribution in [1.82, 2.24) is 19.7 Å². The summed E-state index contributed by atoms with van der Waals surface area (Å²) in [4.78, 5) is 25.5. The van der Waals surface area contributed by atoms with Gasteiger partial charge >= 0.3 is 11.4 Å². The number of rotatable bonds is 4. The molecule has 0 amide bonds. The zero-order valence-corrected chi connectivity index (χ0v) is 10.3. The molecule has 2 aromatic rings. The van der Waals surface area contributed by atoms with Crippen LogP contribution in [0.15, 0.2) is 23.1 Å². The Hall–Kier alpha value is -2.71. The number of pyridine rings is 1. The summed E-state index contributed by atoms with van der Waals surface area (Å²) in [6.45, 7) is 1.73. The van der Waals surface area contributed by atoms with Gasteiger partial charge in [-0.15, -0.1) is 0 Å². The zero-order chi connectivity index (χ0) is 14.0. The fraction of sp³-hybridized carbons (Fsp3) is 0.300. The van der Waals surface area contributed by atoms with Gasteiger partial charge in [0.2, 0.25) is 5.82 Å². The molecule has 0 saturated carbocycles. The number of nitrogens with one attached hydrogen (secondary N) is 2. The summed E-state index contributed by atoms with van der Waals surface area (Å²) in [5, 5.41) is 19.9. The second-order valence-corrected chi connectivity index (χ2v) is 3.94. The second-order valence-electron chi connectivity index (χ2n) is 3.94. The van der Waals surface area contributed by atoms with Crippen molar-refractivity contribution in [3.63, 3.8) is 0 Å². The Morgan fingerprint density at radius 1 is 1.58 bits per heavy atom. The Morgan fingerprint density at radius 2 is 2.32 bits per heavy atom. The van der Waals surface area contributed by atoms with Crippen molar-refractivity contribution in [2.24, 2.45) is 7.05 Å². The molecule has 0 aliphatic rings. The van der Waals surface area contributed by atoms with Gasteiger partial charge in [-0.1, -0.05) is 0 Å². The summed E-state index contributed by atoms with van der Waals surface area (Å²) in [6, 6.07) is 2.43. The Labute approximate surface area is 107 Å². The third-order valence-electron chi connectivity index (χ3n) is 2.64. The summed E-state index contributed by atoms with van der Waals surface area (Å²) >= 11 is 0. The van der Waals surface area contributed by atoms with Crippen LogP contribution in [0.4, 0.5) is 11.5 Å². The molecule has 0 spiro atoms. The maximum atomic E-state index is 11.3. The van der Waals surface area contributed by atoms with E-state index in [2.05, 4.69) is 20.5 Å². The first-order valence-corrected chi connectivity index (χ1v) is 5.48. The lowest BCUT2D eigenvalue weighted by molar-refractivity contribution is -0.384. The predicted octanol–water partition coefficient (Wildman–Crippen LogP) is 0.585. The monoisotopic (exact) mass is 264 g/mol. The third-order valence-corrected chi connectivity index (χ3v) is 2.64. The minimum atomic E-state index is -0.522. The van der Waals surface area contributed by atoms with Gasteiger partial charge in [0.05, 0.1) is 11.0 Å². The maximum Gasteiger partial charge on any atom is 0.343 e. The lowest BCUT2D eigenvalue weighted by Crippen LogP contribution is -2.19. The van der Waals surface area contributed by atoms with E-state index in [9.17, 15) is 14.9 Å². The first-order chi connectivity index (χ1) is 9.00. The van der Waals surface area contributed by atoms with E-state index >= 15 is 0 Å². The van der Waals surface area contributed by atoms with Gasteiger partial charge < -0.3 is 5.32 Å². The number of H-pyrrole nitrogens is 1. The molecule has 0 unspecified atom stereocenters. The quantitative estimate of drug-likeness (QED) is 0.616.